The highest BCUT2D eigenvalue weighted by Crippen LogP contribution is 2.39. The lowest BCUT2D eigenvalue weighted by atomic mass is 9.93. The van der Waals surface area contributed by atoms with Crippen molar-refractivity contribution >= 4 is 28.9 Å². The SMILES string of the molecule is CCOC(=O)C1=C2N(CCC1C)c1cc(Cl)ccc1[NH+]2CC.[O-][Cl+3]([O-])([O-])[O-]. The van der Waals surface area contributed by atoms with Gasteiger partial charge in [-0.1, -0.05) is 18.5 Å². The van der Waals surface area contributed by atoms with Gasteiger partial charge in [0.15, 0.2) is 5.69 Å². The van der Waals surface area contributed by atoms with Crippen molar-refractivity contribution in [2.45, 2.75) is 27.2 Å². The van der Waals surface area contributed by atoms with Crippen LogP contribution in [-0.2, 0) is 9.53 Å². The molecular weight excluding hydrogens is 399 g/mol. The number of nitrogens with one attached hydrogen (secondary N) is 1. The third-order valence-corrected chi connectivity index (χ3v) is 4.75. The number of halogens is 2. The quantitative estimate of drug-likeness (QED) is 0.547. The molecule has 0 spiro atoms. The number of nitrogens with zero attached hydrogens (tertiary/aromatic N) is 1. The van der Waals surface area contributed by atoms with Gasteiger partial charge in [-0.15, -0.1) is 10.2 Å². The summed E-state index contributed by atoms with van der Waals surface area (Å²) in [6, 6.07) is 5.98. The van der Waals surface area contributed by atoms with Crippen molar-refractivity contribution in [1.82, 2.24) is 0 Å². The summed E-state index contributed by atoms with van der Waals surface area (Å²) >= 11 is 6.18. The zero-order valence-corrected chi connectivity index (χ0v) is 16.8. The van der Waals surface area contributed by atoms with Gasteiger partial charge in [0.05, 0.1) is 13.2 Å². The number of carbonyl (C=O) groups is 1. The van der Waals surface area contributed by atoms with Crippen molar-refractivity contribution in [2.24, 2.45) is 5.92 Å². The van der Waals surface area contributed by atoms with Gasteiger partial charge >= 0.3 is 5.97 Å². The zero-order chi connectivity index (χ0) is 20.4. The number of esters is 1. The second kappa shape index (κ2) is 8.74. The molecule has 27 heavy (non-hydrogen) atoms. The number of ether oxygens (including phenoxy) is 1. The Kier molecular flexibility index (Phi) is 7.09. The van der Waals surface area contributed by atoms with E-state index in [-0.39, 0.29) is 11.9 Å². The van der Waals surface area contributed by atoms with Crippen molar-refractivity contribution in [2.75, 3.05) is 24.6 Å². The monoisotopic (exact) mass is 420 g/mol. The van der Waals surface area contributed by atoms with E-state index in [0.29, 0.717) is 6.61 Å². The molecular formula is C17H22Cl2N2O6. The number of benzene rings is 1. The predicted octanol–water partition coefficient (Wildman–Crippen LogP) is -2.25. The van der Waals surface area contributed by atoms with Gasteiger partial charge in [0.2, 0.25) is 5.82 Å². The minimum atomic E-state index is -4.94. The Bertz CT molecular complexity index is 729. The molecule has 2 atom stereocenters. The van der Waals surface area contributed by atoms with Gasteiger partial charge < -0.3 is 4.74 Å². The normalized spacial score (nSPS) is 21.3. The van der Waals surface area contributed by atoms with Crippen LogP contribution in [0.1, 0.15) is 27.2 Å². The van der Waals surface area contributed by atoms with Crippen molar-refractivity contribution in [1.29, 1.82) is 0 Å². The van der Waals surface area contributed by atoms with E-state index in [1.165, 1.54) is 10.6 Å². The summed E-state index contributed by atoms with van der Waals surface area (Å²) in [5.41, 5.74) is 3.13. The minimum absolute atomic E-state index is 0.181. The molecule has 0 amide bonds. The Morgan fingerprint density at radius 2 is 1.96 bits per heavy atom. The summed E-state index contributed by atoms with van der Waals surface area (Å²) in [4.78, 5) is 16.0. The molecule has 0 saturated carbocycles. The molecule has 1 aromatic rings. The largest absolute Gasteiger partial charge is 0.462 e. The molecule has 2 unspecified atom stereocenters. The number of quaternary nitrogens is 1. The van der Waals surface area contributed by atoms with Gasteiger partial charge in [-0.25, -0.2) is 23.4 Å². The minimum Gasteiger partial charge on any atom is -0.462 e. The maximum absolute atomic E-state index is 12.5. The summed E-state index contributed by atoms with van der Waals surface area (Å²) in [5, 5.41) is 0.728. The Hall–Kier alpha value is -1.39. The van der Waals surface area contributed by atoms with Crippen LogP contribution in [-0.4, -0.2) is 25.7 Å². The van der Waals surface area contributed by atoms with Gasteiger partial charge in [0, 0.05) is 17.6 Å². The topological polar surface area (TPSA) is 126 Å². The van der Waals surface area contributed by atoms with Gasteiger partial charge in [-0.2, -0.15) is 0 Å². The van der Waals surface area contributed by atoms with Crippen LogP contribution in [0, 0.1) is 16.2 Å². The second-order valence-electron chi connectivity index (χ2n) is 6.20. The maximum Gasteiger partial charge on any atom is 0.342 e. The number of rotatable bonds is 3. The highest BCUT2D eigenvalue weighted by atomic mass is 35.7. The van der Waals surface area contributed by atoms with Crippen LogP contribution in [0.2, 0.25) is 5.02 Å². The lowest BCUT2D eigenvalue weighted by molar-refractivity contribution is -2.00. The average molecular weight is 421 g/mol. The molecule has 0 aromatic heterocycles. The van der Waals surface area contributed by atoms with E-state index < -0.39 is 10.2 Å². The van der Waals surface area contributed by atoms with Gasteiger partial charge in [-0.3, -0.25) is 9.80 Å². The fourth-order valence-electron chi connectivity index (χ4n) is 3.50. The highest BCUT2D eigenvalue weighted by Gasteiger charge is 2.44. The molecule has 1 N–H and O–H groups in total. The van der Waals surface area contributed by atoms with Gasteiger partial charge in [0.1, 0.15) is 11.3 Å². The van der Waals surface area contributed by atoms with E-state index in [2.05, 4.69) is 24.8 Å². The van der Waals surface area contributed by atoms with E-state index in [4.69, 9.17) is 35.0 Å². The Labute approximate surface area is 164 Å². The molecule has 0 saturated heterocycles. The Balaban J connectivity index is 0.000000465. The van der Waals surface area contributed by atoms with Crippen molar-refractivity contribution in [3.8, 4) is 0 Å². The fraction of sp³-hybridized carbons (Fsp3) is 0.471. The first-order valence-corrected chi connectivity index (χ1v) is 10.2. The van der Waals surface area contributed by atoms with Crippen LogP contribution in [0.3, 0.4) is 0 Å². The van der Waals surface area contributed by atoms with Crippen molar-refractivity contribution in [3.63, 3.8) is 0 Å². The molecule has 10 heteroatoms. The first-order valence-electron chi connectivity index (χ1n) is 8.55. The third-order valence-electron chi connectivity index (χ3n) is 4.51. The molecule has 0 radical (unpaired) electrons. The van der Waals surface area contributed by atoms with Crippen LogP contribution in [0.4, 0.5) is 11.4 Å². The summed E-state index contributed by atoms with van der Waals surface area (Å²) < 4.78 is 39.3. The molecule has 0 fully saturated rings. The van der Waals surface area contributed by atoms with Crippen LogP contribution < -0.4 is 28.4 Å². The number of carbonyl (C=O) groups excluding carboxylic acids is 1. The fourth-order valence-corrected chi connectivity index (χ4v) is 3.67. The summed E-state index contributed by atoms with van der Waals surface area (Å²) in [5.74, 6) is 1.09. The van der Waals surface area contributed by atoms with Crippen LogP contribution in [0.25, 0.3) is 0 Å². The van der Waals surface area contributed by atoms with E-state index in [1.54, 1.807) is 0 Å². The number of hydrogen-bond donors (Lipinski definition) is 1. The van der Waals surface area contributed by atoms with E-state index in [1.807, 2.05) is 19.1 Å². The lowest BCUT2D eigenvalue weighted by Crippen LogP contribution is -3.05. The molecule has 2 heterocycles. The number of hydrogen-bond acceptors (Lipinski definition) is 7. The lowest BCUT2D eigenvalue weighted by Gasteiger charge is -2.30. The average Bonchev–Trinajstić information content (AvgIpc) is 2.86. The first-order chi connectivity index (χ1) is 12.6. The molecule has 2 aliphatic heterocycles. The molecule has 150 valence electrons. The molecule has 8 nitrogen and oxygen atoms in total. The molecule has 3 rings (SSSR count). The highest BCUT2D eigenvalue weighted by molar-refractivity contribution is 6.31. The van der Waals surface area contributed by atoms with Gasteiger partial charge in [-0.05, 0) is 38.3 Å². The Morgan fingerprint density at radius 3 is 2.52 bits per heavy atom. The number of fused-ring (bicyclic) bond motifs is 3. The van der Waals surface area contributed by atoms with E-state index in [9.17, 15) is 4.79 Å². The van der Waals surface area contributed by atoms with Crippen LogP contribution in [0.5, 0.6) is 0 Å². The molecule has 1 aromatic carbocycles. The van der Waals surface area contributed by atoms with E-state index in [0.717, 1.165) is 41.6 Å². The number of anilines is 1. The second-order valence-corrected chi connectivity index (χ2v) is 7.39. The Morgan fingerprint density at radius 1 is 1.33 bits per heavy atom. The first kappa shape index (κ1) is 21.9. The molecule has 0 aliphatic carbocycles. The van der Waals surface area contributed by atoms with Crippen molar-refractivity contribution in [3.05, 3.63) is 34.6 Å². The standard InChI is InChI=1S/C17H21ClN2O2.ClHO4/c1-4-19-13-7-6-12(18)10-14(13)20-9-8-11(3)15(16(19)20)17(21)22-5-2;2-1(3,4)5/h6-7,10-11H,4-5,8-9H2,1-3H3;(H,2,3,4,5). The molecule has 2 aliphatic rings. The summed E-state index contributed by atoms with van der Waals surface area (Å²) in [7, 11) is -4.94. The van der Waals surface area contributed by atoms with E-state index >= 15 is 0 Å². The smallest absolute Gasteiger partial charge is 0.342 e. The third kappa shape index (κ3) is 5.11. The van der Waals surface area contributed by atoms with Crippen LogP contribution >= 0.6 is 11.6 Å². The zero-order valence-electron chi connectivity index (χ0n) is 15.3. The predicted molar refractivity (Wildman–Crippen MR) is 87.4 cm³/mol. The summed E-state index contributed by atoms with van der Waals surface area (Å²) in [6.07, 6.45) is 0.945. The van der Waals surface area contributed by atoms with Crippen LogP contribution in [0.15, 0.2) is 29.6 Å². The maximum atomic E-state index is 12.5. The van der Waals surface area contributed by atoms with Crippen molar-refractivity contribution < 1.29 is 43.3 Å². The summed E-state index contributed by atoms with van der Waals surface area (Å²) in [6.45, 7) is 8.29. The van der Waals surface area contributed by atoms with Gasteiger partial charge in [0.25, 0.3) is 0 Å². The molecule has 0 bridgehead atoms.